The first kappa shape index (κ1) is 25.0. The maximum atomic E-state index is 15.0. The largest absolute Gasteiger partial charge is 0.408 e. The summed E-state index contributed by atoms with van der Waals surface area (Å²) in [6.07, 6.45) is -3.34. The molecule has 37 heavy (non-hydrogen) atoms. The van der Waals surface area contributed by atoms with Gasteiger partial charge in [-0.2, -0.15) is 13.2 Å². The minimum absolute atomic E-state index is 0.0311. The summed E-state index contributed by atoms with van der Waals surface area (Å²) >= 11 is 0. The second kappa shape index (κ2) is 9.01. The van der Waals surface area contributed by atoms with Gasteiger partial charge < -0.3 is 15.3 Å². The van der Waals surface area contributed by atoms with Gasteiger partial charge >= 0.3 is 6.18 Å². The van der Waals surface area contributed by atoms with Crippen molar-refractivity contribution in [2.75, 3.05) is 18.0 Å². The number of pyridine rings is 3. The Hall–Kier alpha value is -3.68. The molecule has 0 aromatic carbocycles. The summed E-state index contributed by atoms with van der Waals surface area (Å²) in [6.45, 7) is 0.258. The van der Waals surface area contributed by atoms with Crippen LogP contribution in [0.1, 0.15) is 29.6 Å². The third-order valence-electron chi connectivity index (χ3n) is 6.37. The summed E-state index contributed by atoms with van der Waals surface area (Å²) in [6, 6.07) is -0.996. The summed E-state index contributed by atoms with van der Waals surface area (Å²) in [4.78, 5) is 35.2. The molecule has 1 aliphatic heterocycles. The predicted molar refractivity (Wildman–Crippen MR) is 118 cm³/mol. The molecule has 1 saturated heterocycles. The van der Waals surface area contributed by atoms with E-state index in [1.807, 2.05) is 5.32 Å². The van der Waals surface area contributed by atoms with Crippen LogP contribution in [0.4, 0.5) is 32.2 Å². The van der Waals surface area contributed by atoms with Crippen molar-refractivity contribution in [2.45, 2.75) is 37.6 Å². The molecule has 4 heterocycles. The second-order valence-electron chi connectivity index (χ2n) is 9.08. The van der Waals surface area contributed by atoms with Gasteiger partial charge in [-0.25, -0.2) is 23.1 Å². The van der Waals surface area contributed by atoms with Gasteiger partial charge in [0.25, 0.3) is 5.91 Å². The van der Waals surface area contributed by atoms with E-state index >= 15 is 4.39 Å². The molecule has 2 N–H and O–H groups in total. The molecule has 0 bridgehead atoms. The van der Waals surface area contributed by atoms with Crippen molar-refractivity contribution in [3.05, 3.63) is 57.8 Å². The molecule has 1 saturated carbocycles. The molecular weight excluding hydrogens is 508 g/mol. The van der Waals surface area contributed by atoms with Crippen molar-refractivity contribution in [3.8, 4) is 5.82 Å². The molecule has 0 unspecified atom stereocenters. The van der Waals surface area contributed by atoms with Gasteiger partial charge in [0.15, 0.2) is 28.9 Å². The number of fused-ring (bicyclic) bond motifs is 1. The Labute approximate surface area is 204 Å². The van der Waals surface area contributed by atoms with E-state index in [-0.39, 0.29) is 37.4 Å². The molecule has 0 radical (unpaired) electrons. The van der Waals surface area contributed by atoms with Crippen molar-refractivity contribution in [1.82, 2.24) is 19.9 Å². The molecule has 5 rings (SSSR count). The zero-order valence-electron chi connectivity index (χ0n) is 18.9. The number of β-amino-alcohol motifs (C(OH)–C–C–N with tert-alkyl or cyclic N) is 1. The number of hydrogen-bond donors (Lipinski definition) is 2. The lowest BCUT2D eigenvalue weighted by Crippen LogP contribution is -2.48. The predicted octanol–water partition coefficient (Wildman–Crippen LogP) is 2.84. The van der Waals surface area contributed by atoms with Gasteiger partial charge in [0.05, 0.1) is 17.7 Å². The van der Waals surface area contributed by atoms with E-state index < -0.39 is 69.8 Å². The van der Waals surface area contributed by atoms with Crippen LogP contribution in [0.5, 0.6) is 0 Å². The molecule has 2 fully saturated rings. The summed E-state index contributed by atoms with van der Waals surface area (Å²) in [5.74, 6) is -6.41. The van der Waals surface area contributed by atoms with Gasteiger partial charge in [-0.15, -0.1) is 0 Å². The highest BCUT2D eigenvalue weighted by Gasteiger charge is 2.50. The van der Waals surface area contributed by atoms with Gasteiger partial charge in [0, 0.05) is 25.4 Å². The first-order valence-electron chi connectivity index (χ1n) is 11.3. The van der Waals surface area contributed by atoms with Crippen LogP contribution < -0.4 is 15.6 Å². The number of carbonyl (C=O) groups is 1. The van der Waals surface area contributed by atoms with Gasteiger partial charge in [-0.05, 0) is 31.2 Å². The van der Waals surface area contributed by atoms with Gasteiger partial charge in [0.1, 0.15) is 17.4 Å². The van der Waals surface area contributed by atoms with Crippen LogP contribution in [0, 0.1) is 23.4 Å². The van der Waals surface area contributed by atoms with E-state index in [1.165, 1.54) is 4.90 Å². The van der Waals surface area contributed by atoms with Crippen molar-refractivity contribution >= 4 is 22.8 Å². The Morgan fingerprint density at radius 3 is 2.41 bits per heavy atom. The monoisotopic (exact) mass is 527 g/mol. The fourth-order valence-electron chi connectivity index (χ4n) is 4.39. The molecule has 8 nitrogen and oxygen atoms in total. The smallest absolute Gasteiger partial charge is 0.391 e. The van der Waals surface area contributed by atoms with Crippen LogP contribution in [0.15, 0.2) is 29.3 Å². The number of nitrogens with one attached hydrogen (secondary N) is 1. The van der Waals surface area contributed by atoms with E-state index in [9.17, 15) is 36.6 Å². The standard InChI is InChI=1S/C23H19F6N5O3/c24-11-5-15(25)20(30-7-11)34-9-14(22(37)31-18(10-1-2-10)23(27,28)29)17(36)13-6-16(26)21(32-19(13)34)33-4-3-12(35)8-33/h5-7,9-10,12,18,35H,1-4,8H2,(H,31,37)/t12-,18-/m0/s1. The van der Waals surface area contributed by atoms with Crippen molar-refractivity contribution in [1.29, 1.82) is 0 Å². The van der Waals surface area contributed by atoms with Gasteiger partial charge in [0.2, 0.25) is 5.43 Å². The Bertz CT molecular complexity index is 1460. The van der Waals surface area contributed by atoms with E-state index in [2.05, 4.69) is 9.97 Å². The topological polar surface area (TPSA) is 100 Å². The average Bonchev–Trinajstić information content (AvgIpc) is 3.56. The number of aromatic nitrogens is 3. The lowest BCUT2D eigenvalue weighted by atomic mass is 10.1. The maximum absolute atomic E-state index is 15.0. The zero-order chi connectivity index (χ0) is 26.6. The number of halogens is 6. The third kappa shape index (κ3) is 4.72. The number of aliphatic hydroxyl groups excluding tert-OH is 1. The highest BCUT2D eigenvalue weighted by molar-refractivity contribution is 5.97. The number of aliphatic hydroxyl groups is 1. The molecule has 2 aliphatic rings. The minimum atomic E-state index is -4.78. The molecule has 3 aromatic rings. The molecule has 3 aromatic heterocycles. The first-order chi connectivity index (χ1) is 17.4. The van der Waals surface area contributed by atoms with Crippen LogP contribution in [-0.2, 0) is 0 Å². The van der Waals surface area contributed by atoms with E-state index in [0.717, 1.165) is 16.8 Å². The molecular formula is C23H19F6N5O3. The van der Waals surface area contributed by atoms with Crippen LogP contribution >= 0.6 is 0 Å². The normalized spacial score (nSPS) is 18.9. The van der Waals surface area contributed by atoms with Gasteiger partial charge in [-0.3, -0.25) is 14.2 Å². The van der Waals surface area contributed by atoms with Crippen LogP contribution in [0.25, 0.3) is 16.9 Å². The SMILES string of the molecule is O=C(N[C@@H](C1CC1)C(F)(F)F)c1cn(-c2ncc(F)cc2F)c2nc(N3CC[C@H](O)C3)c(F)cc2c1=O. The summed E-state index contributed by atoms with van der Waals surface area (Å²) in [7, 11) is 0. The molecule has 1 amide bonds. The Morgan fingerprint density at radius 1 is 1.11 bits per heavy atom. The fourth-order valence-corrected chi connectivity index (χ4v) is 4.39. The molecule has 1 aliphatic carbocycles. The third-order valence-corrected chi connectivity index (χ3v) is 6.37. The average molecular weight is 527 g/mol. The number of amides is 1. The minimum Gasteiger partial charge on any atom is -0.391 e. The molecule has 196 valence electrons. The molecule has 14 heteroatoms. The van der Waals surface area contributed by atoms with E-state index in [4.69, 9.17) is 0 Å². The lowest BCUT2D eigenvalue weighted by Gasteiger charge is -2.22. The Balaban J connectivity index is 1.69. The molecule has 0 spiro atoms. The number of nitrogens with zero attached hydrogens (tertiary/aromatic N) is 4. The zero-order valence-corrected chi connectivity index (χ0v) is 18.9. The van der Waals surface area contributed by atoms with E-state index in [1.54, 1.807) is 0 Å². The quantitative estimate of drug-likeness (QED) is 0.496. The molecule has 2 atom stereocenters. The van der Waals surface area contributed by atoms with Crippen molar-refractivity contribution in [2.24, 2.45) is 5.92 Å². The lowest BCUT2D eigenvalue weighted by molar-refractivity contribution is -0.158. The second-order valence-corrected chi connectivity index (χ2v) is 9.08. The summed E-state index contributed by atoms with van der Waals surface area (Å²) in [5, 5.41) is 11.1. The van der Waals surface area contributed by atoms with E-state index in [0.29, 0.717) is 18.7 Å². The number of anilines is 1. The highest BCUT2D eigenvalue weighted by Crippen LogP contribution is 2.40. The number of alkyl halides is 3. The number of rotatable bonds is 5. The summed E-state index contributed by atoms with van der Waals surface area (Å²) < 4.78 is 84.5. The van der Waals surface area contributed by atoms with Crippen LogP contribution in [-0.4, -0.2) is 57.0 Å². The number of hydrogen-bond acceptors (Lipinski definition) is 6. The van der Waals surface area contributed by atoms with Crippen LogP contribution in [0.2, 0.25) is 0 Å². The highest BCUT2D eigenvalue weighted by atomic mass is 19.4. The van der Waals surface area contributed by atoms with Crippen molar-refractivity contribution in [3.63, 3.8) is 0 Å². The Kier molecular flexibility index (Phi) is 6.09. The first-order valence-corrected chi connectivity index (χ1v) is 11.3. The fraction of sp³-hybridized carbons (Fsp3) is 0.391. The Morgan fingerprint density at radius 2 is 1.81 bits per heavy atom. The number of carbonyl (C=O) groups excluding carboxylic acids is 1. The van der Waals surface area contributed by atoms with Gasteiger partial charge in [-0.1, -0.05) is 0 Å². The summed E-state index contributed by atoms with van der Waals surface area (Å²) in [5.41, 5.74) is -2.34. The van der Waals surface area contributed by atoms with Crippen LogP contribution in [0.3, 0.4) is 0 Å². The maximum Gasteiger partial charge on any atom is 0.408 e. The van der Waals surface area contributed by atoms with Crippen molar-refractivity contribution < 1.29 is 36.2 Å².